The summed E-state index contributed by atoms with van der Waals surface area (Å²) >= 11 is 0. The first-order valence-corrected chi connectivity index (χ1v) is 8.94. The molecule has 130 valence electrons. The van der Waals surface area contributed by atoms with Gasteiger partial charge in [-0.25, -0.2) is 12.8 Å². The summed E-state index contributed by atoms with van der Waals surface area (Å²) in [7, 11) is -3.63. The highest BCUT2D eigenvalue weighted by molar-refractivity contribution is 7.92. The number of rotatable bonds is 5. The van der Waals surface area contributed by atoms with E-state index in [2.05, 4.69) is 10.6 Å². The van der Waals surface area contributed by atoms with E-state index in [0.29, 0.717) is 0 Å². The second-order valence-electron chi connectivity index (χ2n) is 5.61. The lowest BCUT2D eigenvalue weighted by Gasteiger charge is -2.24. The highest BCUT2D eigenvalue weighted by atomic mass is 35.5. The van der Waals surface area contributed by atoms with Crippen LogP contribution in [0, 0.1) is 5.82 Å². The first kappa shape index (κ1) is 19.9. The van der Waals surface area contributed by atoms with Crippen molar-refractivity contribution in [3.63, 3.8) is 0 Å². The topological polar surface area (TPSA) is 75.3 Å². The number of piperidine rings is 1. The van der Waals surface area contributed by atoms with Crippen molar-refractivity contribution in [2.75, 3.05) is 13.1 Å². The first-order valence-electron chi connectivity index (χ1n) is 7.39. The van der Waals surface area contributed by atoms with Crippen LogP contribution in [0.3, 0.4) is 0 Å². The zero-order chi connectivity index (χ0) is 16.2. The minimum absolute atomic E-state index is 0. The molecule has 8 heteroatoms. The summed E-state index contributed by atoms with van der Waals surface area (Å²) in [5.41, 5.74) is 0. The number of carbonyl (C=O) groups excluding carboxylic acids is 1. The molecule has 1 aliphatic rings. The molecule has 0 aromatic heterocycles. The average molecular weight is 365 g/mol. The van der Waals surface area contributed by atoms with E-state index in [4.69, 9.17) is 0 Å². The molecule has 1 aliphatic heterocycles. The molecule has 2 rings (SSSR count). The summed E-state index contributed by atoms with van der Waals surface area (Å²) in [6.07, 6.45) is 1.61. The molecule has 1 amide bonds. The second kappa shape index (κ2) is 8.61. The van der Waals surface area contributed by atoms with E-state index in [1.165, 1.54) is 19.1 Å². The van der Waals surface area contributed by atoms with Gasteiger partial charge in [-0.1, -0.05) is 0 Å². The lowest BCUT2D eigenvalue weighted by Crippen LogP contribution is -2.43. The van der Waals surface area contributed by atoms with Crippen LogP contribution in [0.15, 0.2) is 29.2 Å². The van der Waals surface area contributed by atoms with Gasteiger partial charge in [0.25, 0.3) is 0 Å². The summed E-state index contributed by atoms with van der Waals surface area (Å²) < 4.78 is 37.6. The van der Waals surface area contributed by atoms with Crippen LogP contribution in [0.5, 0.6) is 0 Å². The Morgan fingerprint density at radius 3 is 2.43 bits per heavy atom. The quantitative estimate of drug-likeness (QED) is 0.779. The van der Waals surface area contributed by atoms with E-state index in [0.717, 1.165) is 38.1 Å². The predicted molar refractivity (Wildman–Crippen MR) is 88.9 cm³/mol. The van der Waals surface area contributed by atoms with Crippen LogP contribution in [0.1, 0.15) is 26.2 Å². The monoisotopic (exact) mass is 364 g/mol. The first-order chi connectivity index (χ1) is 10.4. The van der Waals surface area contributed by atoms with Gasteiger partial charge in [-0.15, -0.1) is 12.4 Å². The van der Waals surface area contributed by atoms with Gasteiger partial charge >= 0.3 is 0 Å². The molecule has 1 fully saturated rings. The Hall–Kier alpha value is -1.18. The van der Waals surface area contributed by atoms with Crippen molar-refractivity contribution in [1.29, 1.82) is 0 Å². The fourth-order valence-corrected chi connectivity index (χ4v) is 3.83. The van der Waals surface area contributed by atoms with Crippen LogP contribution in [0.2, 0.25) is 0 Å². The number of halogens is 2. The average Bonchev–Trinajstić information content (AvgIpc) is 2.48. The molecule has 0 bridgehead atoms. The smallest absolute Gasteiger partial charge is 0.221 e. The summed E-state index contributed by atoms with van der Waals surface area (Å²) in [4.78, 5) is 12.0. The molecule has 1 unspecified atom stereocenters. The Labute approximate surface area is 142 Å². The molecule has 1 saturated heterocycles. The van der Waals surface area contributed by atoms with E-state index in [9.17, 15) is 17.6 Å². The van der Waals surface area contributed by atoms with Crippen LogP contribution in [0.4, 0.5) is 4.39 Å². The number of benzene rings is 1. The molecule has 1 heterocycles. The number of sulfone groups is 1. The molecule has 0 spiro atoms. The molecule has 2 N–H and O–H groups in total. The maximum absolute atomic E-state index is 12.9. The third-order valence-corrected chi connectivity index (χ3v) is 6.00. The van der Waals surface area contributed by atoms with Gasteiger partial charge in [-0.3, -0.25) is 4.79 Å². The van der Waals surface area contributed by atoms with E-state index in [1.807, 2.05) is 0 Å². The van der Waals surface area contributed by atoms with Crippen LogP contribution in [0.25, 0.3) is 0 Å². The van der Waals surface area contributed by atoms with Crippen molar-refractivity contribution in [1.82, 2.24) is 10.6 Å². The number of hydrogen-bond donors (Lipinski definition) is 2. The zero-order valence-corrected chi connectivity index (χ0v) is 14.6. The van der Waals surface area contributed by atoms with Gasteiger partial charge in [-0.05, 0) is 57.1 Å². The Kier molecular flexibility index (Phi) is 7.44. The predicted octanol–water partition coefficient (Wildman–Crippen LogP) is 1.67. The van der Waals surface area contributed by atoms with E-state index in [1.54, 1.807) is 0 Å². The lowest BCUT2D eigenvalue weighted by atomic mass is 10.1. The summed E-state index contributed by atoms with van der Waals surface area (Å²) in [5, 5.41) is 5.23. The highest BCUT2D eigenvalue weighted by Gasteiger charge is 2.26. The SMILES string of the molecule is CC(CC(=O)NC1CCNCC1)S(=O)(=O)c1ccc(F)cc1.Cl. The van der Waals surface area contributed by atoms with Gasteiger partial charge in [0.05, 0.1) is 10.1 Å². The number of amides is 1. The van der Waals surface area contributed by atoms with Crippen molar-refractivity contribution >= 4 is 28.2 Å². The molecule has 5 nitrogen and oxygen atoms in total. The Morgan fingerprint density at radius 1 is 1.30 bits per heavy atom. The van der Waals surface area contributed by atoms with E-state index in [-0.39, 0.29) is 35.7 Å². The second-order valence-corrected chi connectivity index (χ2v) is 7.97. The molecule has 0 aliphatic carbocycles. The fraction of sp³-hybridized carbons (Fsp3) is 0.533. The minimum atomic E-state index is -3.63. The van der Waals surface area contributed by atoms with Crippen LogP contribution in [-0.2, 0) is 14.6 Å². The van der Waals surface area contributed by atoms with Crippen molar-refractivity contribution in [2.24, 2.45) is 0 Å². The zero-order valence-electron chi connectivity index (χ0n) is 12.9. The van der Waals surface area contributed by atoms with Crippen LogP contribution in [-0.4, -0.2) is 38.7 Å². The third-order valence-electron chi connectivity index (χ3n) is 3.85. The number of carbonyl (C=O) groups is 1. The molecule has 23 heavy (non-hydrogen) atoms. The van der Waals surface area contributed by atoms with Gasteiger partial charge in [-0.2, -0.15) is 0 Å². The molecule has 1 aromatic rings. The molecular formula is C15H22ClFN2O3S. The minimum Gasteiger partial charge on any atom is -0.353 e. The normalized spacial score (nSPS) is 17.1. The summed E-state index contributed by atoms with van der Waals surface area (Å²) in [5.74, 6) is -0.750. The van der Waals surface area contributed by atoms with Gasteiger partial charge < -0.3 is 10.6 Å². The van der Waals surface area contributed by atoms with Gasteiger partial charge in [0.1, 0.15) is 5.82 Å². The van der Waals surface area contributed by atoms with Crippen LogP contribution < -0.4 is 10.6 Å². The van der Waals surface area contributed by atoms with Gasteiger partial charge in [0, 0.05) is 12.5 Å². The summed E-state index contributed by atoms with van der Waals surface area (Å²) in [6.45, 7) is 3.21. The van der Waals surface area contributed by atoms with Gasteiger partial charge in [0.2, 0.25) is 5.91 Å². The Balaban J connectivity index is 0.00000264. The van der Waals surface area contributed by atoms with Crippen molar-refractivity contribution in [3.8, 4) is 0 Å². The maximum atomic E-state index is 12.9. The Bertz CT molecular complexity index is 616. The number of nitrogens with one attached hydrogen (secondary N) is 2. The molecular weight excluding hydrogens is 343 g/mol. The standard InChI is InChI=1S/C15H21FN2O3S.ClH/c1-11(10-15(19)18-13-6-8-17-9-7-13)22(20,21)14-4-2-12(16)3-5-14;/h2-5,11,13,17H,6-10H2,1H3,(H,18,19);1H. The molecule has 0 radical (unpaired) electrons. The lowest BCUT2D eigenvalue weighted by molar-refractivity contribution is -0.121. The summed E-state index contributed by atoms with van der Waals surface area (Å²) in [6, 6.07) is 4.77. The van der Waals surface area contributed by atoms with Crippen molar-refractivity contribution in [3.05, 3.63) is 30.1 Å². The van der Waals surface area contributed by atoms with E-state index >= 15 is 0 Å². The van der Waals surface area contributed by atoms with Crippen molar-refractivity contribution in [2.45, 2.75) is 42.4 Å². The Morgan fingerprint density at radius 2 is 1.87 bits per heavy atom. The van der Waals surface area contributed by atoms with E-state index < -0.39 is 20.9 Å². The molecule has 1 aromatic carbocycles. The fourth-order valence-electron chi connectivity index (χ4n) is 2.48. The van der Waals surface area contributed by atoms with Gasteiger partial charge in [0.15, 0.2) is 9.84 Å². The number of hydrogen-bond acceptors (Lipinski definition) is 4. The highest BCUT2D eigenvalue weighted by Crippen LogP contribution is 2.18. The molecule has 1 atom stereocenters. The van der Waals surface area contributed by atoms with Crippen molar-refractivity contribution < 1.29 is 17.6 Å². The molecule has 0 saturated carbocycles. The third kappa shape index (κ3) is 5.44. The largest absolute Gasteiger partial charge is 0.353 e. The van der Waals surface area contributed by atoms with Crippen LogP contribution >= 0.6 is 12.4 Å². The maximum Gasteiger partial charge on any atom is 0.221 e.